The predicted molar refractivity (Wildman–Crippen MR) is 74.5 cm³/mol. The Labute approximate surface area is 111 Å². The molecule has 1 fully saturated rings. The molecule has 3 rings (SSSR count). The van der Waals surface area contributed by atoms with Crippen molar-refractivity contribution in [2.24, 2.45) is 11.8 Å². The summed E-state index contributed by atoms with van der Waals surface area (Å²) in [5.41, 5.74) is 3.17. The minimum absolute atomic E-state index is 0.392. The van der Waals surface area contributed by atoms with Crippen LogP contribution in [0.2, 0.25) is 0 Å². The molecule has 0 bridgehead atoms. The van der Waals surface area contributed by atoms with Gasteiger partial charge in [0.2, 0.25) is 5.95 Å². The van der Waals surface area contributed by atoms with Gasteiger partial charge in [0.25, 0.3) is 0 Å². The number of hydrazine groups is 1. The van der Waals surface area contributed by atoms with Crippen molar-refractivity contribution >= 4 is 22.8 Å². The number of nitrogens with zero attached hydrogens (tertiary/aromatic N) is 3. The average Bonchev–Trinajstić information content (AvgIpc) is 2.89. The van der Waals surface area contributed by atoms with Crippen molar-refractivity contribution in [1.29, 1.82) is 0 Å². The van der Waals surface area contributed by atoms with Gasteiger partial charge in [0.1, 0.15) is 5.82 Å². The van der Waals surface area contributed by atoms with Crippen LogP contribution in [0.1, 0.15) is 32.6 Å². The van der Waals surface area contributed by atoms with E-state index in [0.717, 1.165) is 17.1 Å². The summed E-state index contributed by atoms with van der Waals surface area (Å²) in [6, 6.07) is 0.467. The van der Waals surface area contributed by atoms with Crippen molar-refractivity contribution in [1.82, 2.24) is 20.2 Å². The minimum atomic E-state index is 0.392. The summed E-state index contributed by atoms with van der Waals surface area (Å²) in [4.78, 5) is 8.60. The normalized spacial score (nSPS) is 23.5. The number of nitrogens with one attached hydrogen (secondary N) is 3. The zero-order valence-electron chi connectivity index (χ0n) is 11.0. The molecule has 0 spiro atoms. The highest BCUT2D eigenvalue weighted by molar-refractivity contribution is 5.87. The summed E-state index contributed by atoms with van der Waals surface area (Å²) in [6.45, 7) is 2.31. The molecule has 7 heteroatoms. The lowest BCUT2D eigenvalue weighted by Gasteiger charge is -2.27. The Hall–Kier alpha value is -1.89. The van der Waals surface area contributed by atoms with E-state index in [1.54, 1.807) is 6.20 Å². The van der Waals surface area contributed by atoms with Crippen LogP contribution in [0.3, 0.4) is 0 Å². The second-order valence-corrected chi connectivity index (χ2v) is 5.27. The number of anilines is 2. The van der Waals surface area contributed by atoms with Gasteiger partial charge in [-0.05, 0) is 31.6 Å². The number of rotatable bonds is 3. The van der Waals surface area contributed by atoms with Crippen molar-refractivity contribution in [2.45, 2.75) is 38.6 Å². The van der Waals surface area contributed by atoms with Crippen molar-refractivity contribution < 1.29 is 0 Å². The van der Waals surface area contributed by atoms with Crippen LogP contribution >= 0.6 is 0 Å². The van der Waals surface area contributed by atoms with E-state index in [1.807, 2.05) is 0 Å². The lowest BCUT2D eigenvalue weighted by Crippen LogP contribution is -2.26. The van der Waals surface area contributed by atoms with E-state index in [4.69, 9.17) is 5.84 Å². The van der Waals surface area contributed by atoms with Crippen LogP contribution < -0.4 is 16.6 Å². The van der Waals surface area contributed by atoms with Gasteiger partial charge in [0.05, 0.1) is 11.6 Å². The third kappa shape index (κ3) is 2.46. The smallest absolute Gasteiger partial charge is 0.241 e. The van der Waals surface area contributed by atoms with Crippen molar-refractivity contribution in [3.63, 3.8) is 0 Å². The summed E-state index contributed by atoms with van der Waals surface area (Å²) >= 11 is 0. The molecule has 0 saturated heterocycles. The third-order valence-corrected chi connectivity index (χ3v) is 3.80. The largest absolute Gasteiger partial charge is 0.367 e. The Kier molecular flexibility index (Phi) is 3.20. The maximum absolute atomic E-state index is 5.39. The quantitative estimate of drug-likeness (QED) is 0.494. The zero-order chi connectivity index (χ0) is 13.2. The van der Waals surface area contributed by atoms with E-state index in [0.29, 0.717) is 17.6 Å². The Morgan fingerprint density at radius 1 is 1.26 bits per heavy atom. The van der Waals surface area contributed by atoms with Gasteiger partial charge in [0.15, 0.2) is 5.65 Å². The number of nitrogens with two attached hydrogens (primary N) is 1. The highest BCUT2D eigenvalue weighted by Crippen LogP contribution is 2.27. The molecule has 5 N–H and O–H groups in total. The molecule has 0 atom stereocenters. The summed E-state index contributed by atoms with van der Waals surface area (Å²) in [5, 5.41) is 11.2. The van der Waals surface area contributed by atoms with E-state index < -0.39 is 0 Å². The molecular formula is C12H19N7. The topological polar surface area (TPSA) is 105 Å². The van der Waals surface area contributed by atoms with Crippen LogP contribution in [0.15, 0.2) is 6.20 Å². The summed E-state index contributed by atoms with van der Waals surface area (Å²) in [7, 11) is 0. The molecule has 0 unspecified atom stereocenters. The fourth-order valence-corrected chi connectivity index (χ4v) is 2.61. The number of fused-ring (bicyclic) bond motifs is 1. The zero-order valence-corrected chi connectivity index (χ0v) is 11.0. The van der Waals surface area contributed by atoms with Gasteiger partial charge in [-0.1, -0.05) is 6.92 Å². The average molecular weight is 261 g/mol. The third-order valence-electron chi connectivity index (χ3n) is 3.80. The molecule has 102 valence electrons. The molecular weight excluding hydrogens is 242 g/mol. The van der Waals surface area contributed by atoms with Crippen LogP contribution in [0, 0.1) is 5.92 Å². The molecule has 1 aliphatic rings. The van der Waals surface area contributed by atoms with Gasteiger partial charge in [-0.15, -0.1) is 0 Å². The van der Waals surface area contributed by atoms with E-state index in [2.05, 4.69) is 37.8 Å². The number of H-pyrrole nitrogens is 1. The second-order valence-electron chi connectivity index (χ2n) is 5.27. The van der Waals surface area contributed by atoms with Gasteiger partial charge in [-0.25, -0.2) is 5.84 Å². The maximum Gasteiger partial charge on any atom is 0.241 e. The van der Waals surface area contributed by atoms with Crippen LogP contribution in [0.5, 0.6) is 0 Å². The second kappa shape index (κ2) is 5.00. The first-order valence-corrected chi connectivity index (χ1v) is 6.70. The van der Waals surface area contributed by atoms with Crippen molar-refractivity contribution in [2.75, 3.05) is 10.7 Å². The standard InChI is InChI=1S/C12H19N7/c1-7-2-4-8(5-3-7)15-10-9-6-14-19-11(9)17-12(16-10)18-13/h6-8H,2-5,13H2,1H3,(H3,14,15,16,17,18,19). The Bertz CT molecular complexity index is 556. The minimum Gasteiger partial charge on any atom is -0.367 e. The van der Waals surface area contributed by atoms with E-state index in [-0.39, 0.29) is 0 Å². The molecule has 2 aromatic rings. The Balaban J connectivity index is 1.85. The number of hydrogen-bond donors (Lipinski definition) is 4. The van der Waals surface area contributed by atoms with Gasteiger partial charge < -0.3 is 5.32 Å². The van der Waals surface area contributed by atoms with Gasteiger partial charge in [-0.3, -0.25) is 10.5 Å². The van der Waals surface area contributed by atoms with Crippen LogP contribution in [-0.2, 0) is 0 Å². The molecule has 0 aliphatic heterocycles. The highest BCUT2D eigenvalue weighted by Gasteiger charge is 2.20. The molecule has 0 amide bonds. The fraction of sp³-hybridized carbons (Fsp3) is 0.583. The highest BCUT2D eigenvalue weighted by atomic mass is 15.3. The van der Waals surface area contributed by atoms with Crippen molar-refractivity contribution in [3.05, 3.63) is 6.20 Å². The fourth-order valence-electron chi connectivity index (χ4n) is 2.61. The lowest BCUT2D eigenvalue weighted by atomic mass is 9.87. The molecule has 0 radical (unpaired) electrons. The first-order chi connectivity index (χ1) is 9.26. The van der Waals surface area contributed by atoms with Gasteiger partial charge in [0, 0.05) is 6.04 Å². The van der Waals surface area contributed by atoms with E-state index in [9.17, 15) is 0 Å². The number of aromatic amines is 1. The van der Waals surface area contributed by atoms with Gasteiger partial charge in [-0.2, -0.15) is 15.1 Å². The van der Waals surface area contributed by atoms with E-state index >= 15 is 0 Å². The SMILES string of the molecule is CC1CCC(Nc2nc(NN)nc3[nH]ncc23)CC1. The van der Waals surface area contributed by atoms with Crippen molar-refractivity contribution in [3.8, 4) is 0 Å². The molecule has 7 nitrogen and oxygen atoms in total. The monoisotopic (exact) mass is 261 g/mol. The molecule has 1 aliphatic carbocycles. The van der Waals surface area contributed by atoms with Gasteiger partial charge >= 0.3 is 0 Å². The van der Waals surface area contributed by atoms with E-state index in [1.165, 1.54) is 25.7 Å². The first kappa shape index (κ1) is 12.2. The number of aromatic nitrogens is 4. The lowest BCUT2D eigenvalue weighted by molar-refractivity contribution is 0.361. The summed E-state index contributed by atoms with van der Waals surface area (Å²) in [5.74, 6) is 7.41. The molecule has 2 heterocycles. The number of hydrogen-bond acceptors (Lipinski definition) is 6. The number of nitrogen functional groups attached to an aromatic ring is 1. The van der Waals surface area contributed by atoms with Crippen LogP contribution in [0.4, 0.5) is 11.8 Å². The molecule has 19 heavy (non-hydrogen) atoms. The summed E-state index contributed by atoms with van der Waals surface area (Å²) < 4.78 is 0. The molecule has 0 aromatic carbocycles. The Morgan fingerprint density at radius 3 is 2.79 bits per heavy atom. The summed E-state index contributed by atoms with van der Waals surface area (Å²) in [6.07, 6.45) is 6.62. The maximum atomic E-state index is 5.39. The van der Waals surface area contributed by atoms with Crippen LogP contribution in [0.25, 0.3) is 11.0 Å². The van der Waals surface area contributed by atoms with Crippen LogP contribution in [-0.4, -0.2) is 26.2 Å². The predicted octanol–water partition coefficient (Wildman–Crippen LogP) is 1.63. The molecule has 2 aromatic heterocycles. The first-order valence-electron chi connectivity index (χ1n) is 6.70. The Morgan fingerprint density at radius 2 is 2.05 bits per heavy atom. The molecule has 1 saturated carbocycles.